The molecule has 0 fully saturated rings. The zero-order valence-electron chi connectivity index (χ0n) is 9.36. The smallest absolute Gasteiger partial charge is 0.148 e. The monoisotopic (exact) mass is 344 g/mol. The maximum Gasteiger partial charge on any atom is 0.148 e. The van der Waals surface area contributed by atoms with Gasteiger partial charge in [0, 0.05) is 26.0 Å². The summed E-state index contributed by atoms with van der Waals surface area (Å²) in [6, 6.07) is 8.45. The summed E-state index contributed by atoms with van der Waals surface area (Å²) in [5, 5.41) is 1.95. The average Bonchev–Trinajstić information content (AvgIpc) is 2.74. The SMILES string of the molecule is O=C(CSc1ccccc1F)Cc1cc(Br)cs1. The second-order valence-corrected chi connectivity index (χ2v) is 6.59. The number of hydrogen-bond donors (Lipinski definition) is 0. The van der Waals surface area contributed by atoms with Crippen molar-refractivity contribution in [2.45, 2.75) is 11.3 Å². The van der Waals surface area contributed by atoms with Crippen LogP contribution in [0, 0.1) is 5.82 Å². The van der Waals surface area contributed by atoms with Gasteiger partial charge in [0.2, 0.25) is 0 Å². The summed E-state index contributed by atoms with van der Waals surface area (Å²) in [5.74, 6) is 0.142. The van der Waals surface area contributed by atoms with Gasteiger partial charge in [0.15, 0.2) is 0 Å². The van der Waals surface area contributed by atoms with Gasteiger partial charge >= 0.3 is 0 Å². The van der Waals surface area contributed by atoms with E-state index < -0.39 is 0 Å². The minimum atomic E-state index is -0.269. The van der Waals surface area contributed by atoms with E-state index in [1.807, 2.05) is 11.4 Å². The van der Waals surface area contributed by atoms with Crippen molar-refractivity contribution in [2.75, 3.05) is 5.75 Å². The van der Waals surface area contributed by atoms with Crippen LogP contribution >= 0.6 is 39.0 Å². The second-order valence-electron chi connectivity index (χ2n) is 3.67. The lowest BCUT2D eigenvalue weighted by Crippen LogP contribution is -2.04. The number of thioether (sulfide) groups is 1. The van der Waals surface area contributed by atoms with Gasteiger partial charge in [-0.3, -0.25) is 4.79 Å². The molecular formula is C13H10BrFOS2. The van der Waals surface area contributed by atoms with E-state index in [0.717, 1.165) is 9.35 Å². The fourth-order valence-corrected chi connectivity index (χ4v) is 3.69. The molecule has 0 unspecified atom stereocenters. The van der Waals surface area contributed by atoms with Crippen LogP contribution in [0.25, 0.3) is 0 Å². The largest absolute Gasteiger partial charge is 0.298 e. The Hall–Kier alpha value is -0.650. The molecule has 0 aliphatic heterocycles. The molecule has 94 valence electrons. The Morgan fingerprint density at radius 3 is 2.83 bits per heavy atom. The van der Waals surface area contributed by atoms with Crippen LogP contribution in [-0.2, 0) is 11.2 Å². The molecule has 0 aliphatic rings. The summed E-state index contributed by atoms with van der Waals surface area (Å²) in [7, 11) is 0. The molecule has 1 nitrogen and oxygen atoms in total. The number of halogens is 2. The Labute approximate surface area is 122 Å². The number of ketones is 1. The predicted octanol–water partition coefficient (Wildman–Crippen LogP) is 4.55. The van der Waals surface area contributed by atoms with E-state index in [2.05, 4.69) is 15.9 Å². The summed E-state index contributed by atoms with van der Waals surface area (Å²) in [6.45, 7) is 0. The molecule has 1 aromatic carbocycles. The lowest BCUT2D eigenvalue weighted by molar-refractivity contribution is -0.115. The van der Waals surface area contributed by atoms with Crippen molar-refractivity contribution in [3.8, 4) is 0 Å². The average molecular weight is 345 g/mol. The number of Topliss-reactive ketones (excluding diaryl/α,β-unsaturated/α-hetero) is 1. The van der Waals surface area contributed by atoms with Crippen molar-refractivity contribution < 1.29 is 9.18 Å². The van der Waals surface area contributed by atoms with E-state index in [1.54, 1.807) is 29.5 Å². The number of hydrogen-bond acceptors (Lipinski definition) is 3. The zero-order chi connectivity index (χ0) is 13.0. The Kier molecular flexibility index (Phi) is 4.97. The van der Waals surface area contributed by atoms with Gasteiger partial charge in [-0.15, -0.1) is 23.1 Å². The van der Waals surface area contributed by atoms with Gasteiger partial charge in [-0.05, 0) is 34.1 Å². The first kappa shape index (κ1) is 13.8. The first-order valence-electron chi connectivity index (χ1n) is 5.27. The maximum atomic E-state index is 13.3. The number of thiophene rings is 1. The van der Waals surface area contributed by atoms with E-state index >= 15 is 0 Å². The lowest BCUT2D eigenvalue weighted by atomic mass is 10.3. The summed E-state index contributed by atoms with van der Waals surface area (Å²) in [4.78, 5) is 13.3. The van der Waals surface area contributed by atoms with Crippen molar-refractivity contribution in [3.63, 3.8) is 0 Å². The highest BCUT2D eigenvalue weighted by Crippen LogP contribution is 2.23. The van der Waals surface area contributed by atoms with E-state index in [-0.39, 0.29) is 11.6 Å². The van der Waals surface area contributed by atoms with Crippen LogP contribution in [0.1, 0.15) is 4.88 Å². The van der Waals surface area contributed by atoms with Crippen molar-refractivity contribution in [2.24, 2.45) is 0 Å². The lowest BCUT2D eigenvalue weighted by Gasteiger charge is -2.01. The predicted molar refractivity (Wildman–Crippen MR) is 77.9 cm³/mol. The summed E-state index contributed by atoms with van der Waals surface area (Å²) < 4.78 is 14.3. The molecule has 0 saturated carbocycles. The molecule has 18 heavy (non-hydrogen) atoms. The van der Waals surface area contributed by atoms with Gasteiger partial charge in [0.1, 0.15) is 11.6 Å². The van der Waals surface area contributed by atoms with Crippen LogP contribution in [0.2, 0.25) is 0 Å². The Morgan fingerprint density at radius 1 is 1.39 bits per heavy atom. The minimum Gasteiger partial charge on any atom is -0.298 e. The number of carbonyl (C=O) groups is 1. The van der Waals surface area contributed by atoms with Crippen LogP contribution in [0.15, 0.2) is 45.1 Å². The summed E-state index contributed by atoms with van der Waals surface area (Å²) in [5.41, 5.74) is 0. The molecule has 0 spiro atoms. The third kappa shape index (κ3) is 3.93. The molecule has 0 saturated heterocycles. The Morgan fingerprint density at radius 2 is 2.17 bits per heavy atom. The topological polar surface area (TPSA) is 17.1 Å². The zero-order valence-corrected chi connectivity index (χ0v) is 12.6. The Balaban J connectivity index is 1.87. The third-order valence-corrected chi connectivity index (χ3v) is 5.02. The molecule has 1 heterocycles. The van der Waals surface area contributed by atoms with Crippen LogP contribution in [-0.4, -0.2) is 11.5 Å². The van der Waals surface area contributed by atoms with Gasteiger partial charge in [0.05, 0.1) is 5.75 Å². The molecule has 2 aromatic rings. The first-order valence-corrected chi connectivity index (χ1v) is 7.93. The standard InChI is InChI=1S/C13H10BrFOS2/c14-9-5-11(17-7-9)6-10(16)8-18-13-4-2-1-3-12(13)15/h1-5,7H,6,8H2. The number of benzene rings is 1. The Bertz CT molecular complexity index is 553. The summed E-state index contributed by atoms with van der Waals surface area (Å²) in [6.07, 6.45) is 0.414. The molecule has 1 aromatic heterocycles. The van der Waals surface area contributed by atoms with Crippen LogP contribution in [0.3, 0.4) is 0 Å². The highest BCUT2D eigenvalue weighted by Gasteiger charge is 2.08. The van der Waals surface area contributed by atoms with Gasteiger partial charge in [0.25, 0.3) is 0 Å². The number of rotatable bonds is 5. The van der Waals surface area contributed by atoms with Crippen molar-refractivity contribution in [3.05, 3.63) is 50.9 Å². The van der Waals surface area contributed by atoms with Gasteiger partial charge in [-0.25, -0.2) is 4.39 Å². The highest BCUT2D eigenvalue weighted by atomic mass is 79.9. The third-order valence-electron chi connectivity index (χ3n) is 2.22. The normalized spacial score (nSPS) is 10.6. The first-order chi connectivity index (χ1) is 8.65. The van der Waals surface area contributed by atoms with E-state index in [1.165, 1.54) is 17.8 Å². The molecule has 0 radical (unpaired) electrons. The van der Waals surface area contributed by atoms with Crippen molar-refractivity contribution in [1.29, 1.82) is 0 Å². The molecule has 0 aliphatic carbocycles. The van der Waals surface area contributed by atoms with Gasteiger partial charge < -0.3 is 0 Å². The van der Waals surface area contributed by atoms with Crippen molar-refractivity contribution >= 4 is 44.8 Å². The van der Waals surface area contributed by atoms with E-state index in [4.69, 9.17) is 0 Å². The van der Waals surface area contributed by atoms with Gasteiger partial charge in [-0.1, -0.05) is 12.1 Å². The molecule has 0 N–H and O–H groups in total. The second kappa shape index (κ2) is 6.50. The summed E-state index contributed by atoms with van der Waals surface area (Å²) >= 11 is 6.15. The maximum absolute atomic E-state index is 13.3. The molecule has 0 bridgehead atoms. The van der Waals surface area contributed by atoms with Crippen LogP contribution < -0.4 is 0 Å². The van der Waals surface area contributed by atoms with Crippen LogP contribution in [0.5, 0.6) is 0 Å². The quantitative estimate of drug-likeness (QED) is 0.740. The van der Waals surface area contributed by atoms with E-state index in [0.29, 0.717) is 17.1 Å². The minimum absolute atomic E-state index is 0.109. The molecule has 0 amide bonds. The van der Waals surface area contributed by atoms with E-state index in [9.17, 15) is 9.18 Å². The molecular weight excluding hydrogens is 335 g/mol. The molecule has 2 rings (SSSR count). The van der Waals surface area contributed by atoms with Crippen molar-refractivity contribution in [1.82, 2.24) is 0 Å². The molecule has 5 heteroatoms. The fourth-order valence-electron chi connectivity index (χ4n) is 1.41. The van der Waals surface area contributed by atoms with Gasteiger partial charge in [-0.2, -0.15) is 0 Å². The molecule has 0 atom stereocenters. The highest BCUT2D eigenvalue weighted by molar-refractivity contribution is 9.10. The number of carbonyl (C=O) groups excluding carboxylic acids is 1. The van der Waals surface area contributed by atoms with Crippen LogP contribution in [0.4, 0.5) is 4.39 Å². The fraction of sp³-hybridized carbons (Fsp3) is 0.154.